The van der Waals surface area contributed by atoms with E-state index < -0.39 is 0 Å². The van der Waals surface area contributed by atoms with E-state index >= 15 is 0 Å². The molecule has 0 unspecified atom stereocenters. The number of hydrogen-bond acceptors (Lipinski definition) is 4. The van der Waals surface area contributed by atoms with Gasteiger partial charge in [0, 0.05) is 32.8 Å². The Morgan fingerprint density at radius 3 is 2.21 bits per heavy atom. The third-order valence-corrected chi connectivity index (χ3v) is 4.12. The number of aliphatic imine (C=N–C) groups is 1. The lowest BCUT2D eigenvalue weighted by Crippen LogP contribution is -2.38. The zero-order chi connectivity index (χ0) is 19.8. The Labute approximate surface area is 182 Å². The molecule has 0 aliphatic heterocycles. The predicted octanol–water partition coefficient (Wildman–Crippen LogP) is 3.68. The largest absolute Gasteiger partial charge is 0.496 e. The number of ether oxygens (including phenoxy) is 3. The summed E-state index contributed by atoms with van der Waals surface area (Å²) in [5, 5.41) is 3.29. The maximum atomic E-state index is 13.4. The Balaban J connectivity index is 0.00000392. The third kappa shape index (κ3) is 6.15. The van der Waals surface area contributed by atoms with E-state index in [1.54, 1.807) is 46.6 Å². The average Bonchev–Trinajstić information content (AvgIpc) is 2.68. The van der Waals surface area contributed by atoms with Gasteiger partial charge in [-0.15, -0.1) is 24.0 Å². The Morgan fingerprint density at radius 2 is 1.71 bits per heavy atom. The molecule has 0 aromatic heterocycles. The maximum Gasteiger partial charge on any atom is 0.193 e. The van der Waals surface area contributed by atoms with Gasteiger partial charge in [0.05, 0.1) is 33.4 Å². The van der Waals surface area contributed by atoms with Crippen molar-refractivity contribution >= 4 is 29.9 Å². The molecule has 0 aliphatic rings. The summed E-state index contributed by atoms with van der Waals surface area (Å²) >= 11 is 0. The average molecular weight is 503 g/mol. The van der Waals surface area contributed by atoms with Crippen LogP contribution in [0.1, 0.15) is 11.1 Å². The highest BCUT2D eigenvalue weighted by molar-refractivity contribution is 14.0. The van der Waals surface area contributed by atoms with Crippen LogP contribution in [0.25, 0.3) is 0 Å². The lowest BCUT2D eigenvalue weighted by Gasteiger charge is -2.23. The molecule has 154 valence electrons. The quantitative estimate of drug-likeness (QED) is 0.355. The van der Waals surface area contributed by atoms with Crippen molar-refractivity contribution in [2.45, 2.75) is 13.1 Å². The summed E-state index contributed by atoms with van der Waals surface area (Å²) < 4.78 is 29.6. The number of nitrogens with zero attached hydrogens (tertiary/aromatic N) is 2. The fourth-order valence-corrected chi connectivity index (χ4v) is 2.79. The summed E-state index contributed by atoms with van der Waals surface area (Å²) in [6.07, 6.45) is 0. The maximum absolute atomic E-state index is 13.4. The molecular weight excluding hydrogens is 476 g/mol. The van der Waals surface area contributed by atoms with E-state index in [1.165, 1.54) is 12.1 Å². The van der Waals surface area contributed by atoms with E-state index in [0.29, 0.717) is 36.3 Å². The van der Waals surface area contributed by atoms with Gasteiger partial charge in [-0.05, 0) is 17.7 Å². The molecular formula is C20H27FIN3O3. The van der Waals surface area contributed by atoms with Gasteiger partial charge >= 0.3 is 0 Å². The summed E-state index contributed by atoms with van der Waals surface area (Å²) in [5.41, 5.74) is 1.71. The second-order valence-corrected chi connectivity index (χ2v) is 5.90. The van der Waals surface area contributed by atoms with Crippen LogP contribution in [0.2, 0.25) is 0 Å². The van der Waals surface area contributed by atoms with Crippen LogP contribution < -0.4 is 19.5 Å². The van der Waals surface area contributed by atoms with Gasteiger partial charge in [0.25, 0.3) is 0 Å². The highest BCUT2D eigenvalue weighted by Crippen LogP contribution is 2.33. The molecule has 6 nitrogen and oxygen atoms in total. The highest BCUT2D eigenvalue weighted by atomic mass is 127. The molecule has 0 bridgehead atoms. The molecule has 0 saturated carbocycles. The van der Waals surface area contributed by atoms with Crippen LogP contribution in [0.4, 0.5) is 4.39 Å². The number of methoxy groups -OCH3 is 3. The van der Waals surface area contributed by atoms with Crippen molar-refractivity contribution in [2.24, 2.45) is 4.99 Å². The zero-order valence-corrected chi connectivity index (χ0v) is 19.1. The summed E-state index contributed by atoms with van der Waals surface area (Å²) in [6, 6.07) is 10.1. The molecule has 0 spiro atoms. The topological polar surface area (TPSA) is 55.3 Å². The van der Waals surface area contributed by atoms with E-state index in [9.17, 15) is 4.39 Å². The molecule has 0 aliphatic carbocycles. The molecule has 0 heterocycles. The van der Waals surface area contributed by atoms with Crippen LogP contribution in [0.5, 0.6) is 17.2 Å². The second-order valence-electron chi connectivity index (χ2n) is 5.90. The molecule has 0 atom stereocenters. The van der Waals surface area contributed by atoms with E-state index in [1.807, 2.05) is 18.0 Å². The van der Waals surface area contributed by atoms with Gasteiger partial charge in [-0.2, -0.15) is 0 Å². The van der Waals surface area contributed by atoms with E-state index in [0.717, 1.165) is 11.1 Å². The van der Waals surface area contributed by atoms with Gasteiger partial charge in [-0.3, -0.25) is 4.99 Å². The third-order valence-electron chi connectivity index (χ3n) is 4.12. The van der Waals surface area contributed by atoms with Gasteiger partial charge in [0.1, 0.15) is 23.1 Å². The van der Waals surface area contributed by atoms with Gasteiger partial charge in [-0.25, -0.2) is 4.39 Å². The summed E-state index contributed by atoms with van der Waals surface area (Å²) in [4.78, 5) is 6.21. The molecule has 2 aromatic carbocycles. The molecule has 0 fully saturated rings. The van der Waals surface area contributed by atoms with Crippen LogP contribution in [0.15, 0.2) is 41.4 Å². The molecule has 0 amide bonds. The fourth-order valence-electron chi connectivity index (χ4n) is 2.79. The smallest absolute Gasteiger partial charge is 0.193 e. The standard InChI is InChI=1S/C20H26FN3O3.HI/c1-22-20(24(2)13-14-7-6-8-15(21)9-14)23-12-17-18(26-4)10-16(25-3)11-19(17)27-5;/h6-11H,12-13H2,1-5H3,(H,22,23);1H. The van der Waals surface area contributed by atoms with Crippen molar-refractivity contribution in [3.63, 3.8) is 0 Å². The lowest BCUT2D eigenvalue weighted by molar-refractivity contribution is 0.367. The zero-order valence-electron chi connectivity index (χ0n) is 16.8. The predicted molar refractivity (Wildman–Crippen MR) is 120 cm³/mol. The number of benzene rings is 2. The lowest BCUT2D eigenvalue weighted by atomic mass is 10.1. The van der Waals surface area contributed by atoms with Crippen LogP contribution in [0.3, 0.4) is 0 Å². The van der Waals surface area contributed by atoms with Gasteiger partial charge < -0.3 is 24.4 Å². The van der Waals surface area contributed by atoms with Crippen molar-refractivity contribution < 1.29 is 18.6 Å². The molecule has 8 heteroatoms. The number of rotatable bonds is 7. The summed E-state index contributed by atoms with van der Waals surface area (Å²) in [7, 11) is 8.39. The number of halogens is 2. The number of nitrogens with one attached hydrogen (secondary N) is 1. The van der Waals surface area contributed by atoms with Crippen molar-refractivity contribution in [3.8, 4) is 17.2 Å². The van der Waals surface area contributed by atoms with Crippen molar-refractivity contribution in [1.82, 2.24) is 10.2 Å². The first kappa shape index (κ1) is 23.8. The molecule has 1 N–H and O–H groups in total. The van der Waals surface area contributed by atoms with Crippen molar-refractivity contribution in [1.29, 1.82) is 0 Å². The van der Waals surface area contributed by atoms with Crippen molar-refractivity contribution in [3.05, 3.63) is 53.3 Å². The monoisotopic (exact) mass is 503 g/mol. The Kier molecular flexibility index (Phi) is 9.84. The normalized spacial score (nSPS) is 10.7. The minimum atomic E-state index is -0.253. The van der Waals surface area contributed by atoms with Crippen LogP contribution in [-0.2, 0) is 13.1 Å². The SMILES string of the molecule is CN=C(NCc1c(OC)cc(OC)cc1OC)N(C)Cc1cccc(F)c1.I. The molecule has 0 saturated heterocycles. The Bertz CT molecular complexity index is 777. The number of guanidine groups is 1. The van der Waals surface area contributed by atoms with Gasteiger partial charge in [-0.1, -0.05) is 12.1 Å². The summed E-state index contributed by atoms with van der Waals surface area (Å²) in [5.74, 6) is 2.37. The first-order chi connectivity index (χ1) is 13.0. The molecule has 0 radical (unpaired) electrons. The van der Waals surface area contributed by atoms with Crippen LogP contribution in [-0.4, -0.2) is 46.3 Å². The fraction of sp³-hybridized carbons (Fsp3) is 0.350. The summed E-state index contributed by atoms with van der Waals surface area (Å²) in [6.45, 7) is 0.963. The van der Waals surface area contributed by atoms with Crippen LogP contribution in [0, 0.1) is 5.82 Å². The second kappa shape index (κ2) is 11.6. The molecule has 2 rings (SSSR count). The molecule has 28 heavy (non-hydrogen) atoms. The minimum absolute atomic E-state index is 0. The van der Waals surface area contributed by atoms with Gasteiger partial charge in [0.2, 0.25) is 0 Å². The highest BCUT2D eigenvalue weighted by Gasteiger charge is 2.15. The van der Waals surface area contributed by atoms with Crippen molar-refractivity contribution in [2.75, 3.05) is 35.4 Å². The number of hydrogen-bond donors (Lipinski definition) is 1. The van der Waals surface area contributed by atoms with Crippen LogP contribution >= 0.6 is 24.0 Å². The molecule has 2 aromatic rings. The van der Waals surface area contributed by atoms with E-state index in [4.69, 9.17) is 14.2 Å². The van der Waals surface area contributed by atoms with E-state index in [-0.39, 0.29) is 29.8 Å². The van der Waals surface area contributed by atoms with Gasteiger partial charge in [0.15, 0.2) is 5.96 Å². The first-order valence-corrected chi connectivity index (χ1v) is 8.47. The minimum Gasteiger partial charge on any atom is -0.496 e. The Hall–Kier alpha value is -2.23. The van der Waals surface area contributed by atoms with E-state index in [2.05, 4.69) is 10.3 Å². The Morgan fingerprint density at radius 1 is 1.07 bits per heavy atom. The first-order valence-electron chi connectivity index (χ1n) is 8.47.